The molecule has 0 spiro atoms. The maximum Gasteiger partial charge on any atom is 0.243 e. The lowest BCUT2D eigenvalue weighted by Crippen LogP contribution is -2.42. The SMILES string of the molecule is Cc1ccc(CN(C)C(=O)C2(C#N)CCCCC2)cc1. The molecule has 0 heterocycles. The molecule has 106 valence electrons. The van der Waals surface area contributed by atoms with E-state index in [0.717, 1.165) is 24.8 Å². The number of hydrogen-bond acceptors (Lipinski definition) is 2. The molecule has 0 radical (unpaired) electrons. The van der Waals surface area contributed by atoms with Crippen molar-refractivity contribution in [2.24, 2.45) is 5.41 Å². The van der Waals surface area contributed by atoms with Crippen molar-refractivity contribution < 1.29 is 4.79 Å². The van der Waals surface area contributed by atoms with Crippen LogP contribution in [0.2, 0.25) is 0 Å². The topological polar surface area (TPSA) is 44.1 Å². The second-order valence-corrected chi connectivity index (χ2v) is 5.90. The molecule has 3 heteroatoms. The normalized spacial score (nSPS) is 17.2. The number of carbonyl (C=O) groups excluding carboxylic acids is 1. The van der Waals surface area contributed by atoms with Crippen molar-refractivity contribution in [2.75, 3.05) is 7.05 Å². The van der Waals surface area contributed by atoms with Gasteiger partial charge in [-0.25, -0.2) is 0 Å². The van der Waals surface area contributed by atoms with Gasteiger partial charge >= 0.3 is 0 Å². The molecule has 1 aliphatic carbocycles. The lowest BCUT2D eigenvalue weighted by Gasteiger charge is -2.33. The molecule has 0 atom stereocenters. The van der Waals surface area contributed by atoms with E-state index in [-0.39, 0.29) is 5.91 Å². The van der Waals surface area contributed by atoms with Crippen molar-refractivity contribution >= 4 is 5.91 Å². The molecule has 0 aliphatic heterocycles. The molecule has 0 bridgehead atoms. The van der Waals surface area contributed by atoms with Gasteiger partial charge in [-0.3, -0.25) is 4.79 Å². The Kier molecular flexibility index (Phi) is 4.44. The van der Waals surface area contributed by atoms with E-state index in [1.165, 1.54) is 5.56 Å². The Balaban J connectivity index is 2.07. The van der Waals surface area contributed by atoms with E-state index < -0.39 is 5.41 Å². The monoisotopic (exact) mass is 270 g/mol. The highest BCUT2D eigenvalue weighted by molar-refractivity contribution is 5.85. The third-order valence-corrected chi connectivity index (χ3v) is 4.22. The number of hydrogen-bond donors (Lipinski definition) is 0. The van der Waals surface area contributed by atoms with E-state index in [1.54, 1.807) is 11.9 Å². The number of nitrogens with zero attached hydrogens (tertiary/aromatic N) is 2. The molecule has 0 N–H and O–H groups in total. The van der Waals surface area contributed by atoms with Gasteiger partial charge in [0.2, 0.25) is 5.91 Å². The van der Waals surface area contributed by atoms with Gasteiger partial charge in [0, 0.05) is 13.6 Å². The van der Waals surface area contributed by atoms with Gasteiger partial charge in [-0.1, -0.05) is 49.1 Å². The van der Waals surface area contributed by atoms with E-state index >= 15 is 0 Å². The Morgan fingerprint density at radius 1 is 1.25 bits per heavy atom. The maximum absolute atomic E-state index is 12.6. The van der Waals surface area contributed by atoms with Crippen molar-refractivity contribution in [3.63, 3.8) is 0 Å². The average molecular weight is 270 g/mol. The fourth-order valence-corrected chi connectivity index (χ4v) is 2.93. The van der Waals surface area contributed by atoms with Crippen LogP contribution < -0.4 is 0 Å². The van der Waals surface area contributed by atoms with Crippen molar-refractivity contribution in [3.8, 4) is 6.07 Å². The van der Waals surface area contributed by atoms with Crippen LogP contribution in [0.25, 0.3) is 0 Å². The standard InChI is InChI=1S/C17H22N2O/c1-14-6-8-15(9-7-14)12-19(2)16(20)17(13-18)10-4-3-5-11-17/h6-9H,3-5,10-12H2,1-2H3. The van der Waals surface area contributed by atoms with Crippen molar-refractivity contribution in [1.29, 1.82) is 5.26 Å². The molecule has 0 unspecified atom stereocenters. The number of rotatable bonds is 3. The molecule has 1 saturated carbocycles. The van der Waals surface area contributed by atoms with Crippen LogP contribution >= 0.6 is 0 Å². The lowest BCUT2D eigenvalue weighted by molar-refractivity contribution is -0.139. The highest BCUT2D eigenvalue weighted by Crippen LogP contribution is 2.37. The Hall–Kier alpha value is -1.82. The minimum absolute atomic E-state index is 0.0136. The second-order valence-electron chi connectivity index (χ2n) is 5.90. The van der Waals surface area contributed by atoms with Crippen LogP contribution in [-0.2, 0) is 11.3 Å². The fraction of sp³-hybridized carbons (Fsp3) is 0.529. The van der Waals surface area contributed by atoms with Crippen LogP contribution in [-0.4, -0.2) is 17.9 Å². The smallest absolute Gasteiger partial charge is 0.243 e. The van der Waals surface area contributed by atoms with Crippen molar-refractivity contribution in [1.82, 2.24) is 4.90 Å². The molecule has 1 aliphatic rings. The first-order valence-electron chi connectivity index (χ1n) is 7.30. The van der Waals surface area contributed by atoms with Crippen LogP contribution in [0, 0.1) is 23.7 Å². The molecule has 3 nitrogen and oxygen atoms in total. The number of benzene rings is 1. The van der Waals surface area contributed by atoms with Crippen LogP contribution in [0.3, 0.4) is 0 Å². The maximum atomic E-state index is 12.6. The Morgan fingerprint density at radius 2 is 1.85 bits per heavy atom. The zero-order chi connectivity index (χ0) is 14.6. The summed E-state index contributed by atoms with van der Waals surface area (Å²) in [6.07, 6.45) is 4.52. The largest absolute Gasteiger partial charge is 0.340 e. The average Bonchev–Trinajstić information content (AvgIpc) is 2.49. The summed E-state index contributed by atoms with van der Waals surface area (Å²) in [6.45, 7) is 2.62. The van der Waals surface area contributed by atoms with E-state index in [4.69, 9.17) is 0 Å². The molecule has 1 amide bonds. The summed E-state index contributed by atoms with van der Waals surface area (Å²) in [7, 11) is 1.80. The minimum Gasteiger partial charge on any atom is -0.340 e. The van der Waals surface area contributed by atoms with Gasteiger partial charge in [0.25, 0.3) is 0 Å². The van der Waals surface area contributed by atoms with Crippen LogP contribution in [0.4, 0.5) is 0 Å². The second kappa shape index (κ2) is 6.09. The molecule has 2 rings (SSSR count). The van der Waals surface area contributed by atoms with Gasteiger partial charge in [-0.2, -0.15) is 5.26 Å². The zero-order valence-corrected chi connectivity index (χ0v) is 12.4. The Bertz CT molecular complexity index is 507. The van der Waals surface area contributed by atoms with Crippen molar-refractivity contribution in [2.45, 2.75) is 45.6 Å². The number of carbonyl (C=O) groups is 1. The molecule has 0 aromatic heterocycles. The number of aryl methyl sites for hydroxylation is 1. The molecular formula is C17H22N2O. The molecule has 20 heavy (non-hydrogen) atoms. The van der Waals surface area contributed by atoms with Crippen molar-refractivity contribution in [3.05, 3.63) is 35.4 Å². The lowest BCUT2D eigenvalue weighted by atomic mass is 9.74. The van der Waals surface area contributed by atoms with Crippen LogP contribution in [0.15, 0.2) is 24.3 Å². The molecular weight excluding hydrogens is 248 g/mol. The summed E-state index contributed by atoms with van der Waals surface area (Å²) in [4.78, 5) is 14.3. The third-order valence-electron chi connectivity index (χ3n) is 4.22. The molecule has 0 saturated heterocycles. The summed E-state index contributed by atoms with van der Waals surface area (Å²) in [5.41, 5.74) is 1.54. The minimum atomic E-state index is -0.780. The number of nitriles is 1. The van der Waals surface area contributed by atoms with E-state index in [9.17, 15) is 10.1 Å². The summed E-state index contributed by atoms with van der Waals surface area (Å²) < 4.78 is 0. The van der Waals surface area contributed by atoms with Crippen LogP contribution in [0.1, 0.15) is 43.2 Å². The molecule has 1 aromatic rings. The van der Waals surface area contributed by atoms with E-state index in [0.29, 0.717) is 19.4 Å². The summed E-state index contributed by atoms with van der Waals surface area (Å²) >= 11 is 0. The molecule has 1 aromatic carbocycles. The quantitative estimate of drug-likeness (QED) is 0.844. The van der Waals surface area contributed by atoms with Gasteiger partial charge in [-0.05, 0) is 25.3 Å². The van der Waals surface area contributed by atoms with E-state index in [2.05, 4.69) is 6.07 Å². The highest BCUT2D eigenvalue weighted by Gasteiger charge is 2.41. The summed E-state index contributed by atoms with van der Waals surface area (Å²) in [5.74, 6) is -0.0136. The first-order valence-corrected chi connectivity index (χ1v) is 7.30. The predicted molar refractivity (Wildman–Crippen MR) is 78.8 cm³/mol. The highest BCUT2D eigenvalue weighted by atomic mass is 16.2. The fourth-order valence-electron chi connectivity index (χ4n) is 2.93. The van der Waals surface area contributed by atoms with Gasteiger partial charge in [0.05, 0.1) is 6.07 Å². The number of amides is 1. The zero-order valence-electron chi connectivity index (χ0n) is 12.4. The predicted octanol–water partition coefficient (Wildman–Crippen LogP) is 3.43. The van der Waals surface area contributed by atoms with Gasteiger partial charge in [-0.15, -0.1) is 0 Å². The van der Waals surface area contributed by atoms with E-state index in [1.807, 2.05) is 31.2 Å². The first-order chi connectivity index (χ1) is 9.57. The Morgan fingerprint density at radius 3 is 2.40 bits per heavy atom. The summed E-state index contributed by atoms with van der Waals surface area (Å²) in [6, 6.07) is 10.5. The first kappa shape index (κ1) is 14.6. The summed E-state index contributed by atoms with van der Waals surface area (Å²) in [5, 5.41) is 9.47. The Labute approximate surface area is 121 Å². The third kappa shape index (κ3) is 3.01. The van der Waals surface area contributed by atoms with Gasteiger partial charge < -0.3 is 4.90 Å². The van der Waals surface area contributed by atoms with Gasteiger partial charge in [0.1, 0.15) is 5.41 Å². The van der Waals surface area contributed by atoms with Crippen LogP contribution in [0.5, 0.6) is 0 Å². The van der Waals surface area contributed by atoms with Gasteiger partial charge in [0.15, 0.2) is 0 Å². The molecule has 1 fully saturated rings.